The Kier molecular flexibility index (Phi) is 7.23. The van der Waals surface area contributed by atoms with E-state index < -0.39 is 5.60 Å². The van der Waals surface area contributed by atoms with E-state index in [1.165, 1.54) is 0 Å². The van der Waals surface area contributed by atoms with Gasteiger partial charge in [0, 0.05) is 0 Å². The molecule has 0 saturated heterocycles. The number of unbranched alkanes of at least 4 members (excludes halogenated alkanes) is 1. The van der Waals surface area contributed by atoms with Crippen molar-refractivity contribution < 1.29 is 9.53 Å². The van der Waals surface area contributed by atoms with Gasteiger partial charge >= 0.3 is 6.09 Å². The number of alkyl carbamates (subject to hydrolysis) is 1. The summed E-state index contributed by atoms with van der Waals surface area (Å²) in [6.07, 6.45) is 2.70. The van der Waals surface area contributed by atoms with Crippen LogP contribution in [0.25, 0.3) is 0 Å². The van der Waals surface area contributed by atoms with Crippen LogP contribution in [-0.2, 0) is 4.74 Å². The van der Waals surface area contributed by atoms with Gasteiger partial charge in [0.05, 0.1) is 6.04 Å². The fraction of sp³-hybridized carbons (Fsp3) is 0.588. The summed E-state index contributed by atoms with van der Waals surface area (Å²) < 4.78 is 5.35. The van der Waals surface area contributed by atoms with Crippen LogP contribution in [0.4, 0.5) is 4.79 Å². The molecule has 1 aromatic rings. The van der Waals surface area contributed by atoms with Crippen LogP contribution < -0.4 is 10.6 Å². The van der Waals surface area contributed by atoms with Gasteiger partial charge in [-0.1, -0.05) is 30.3 Å². The molecule has 21 heavy (non-hydrogen) atoms. The van der Waals surface area contributed by atoms with E-state index >= 15 is 0 Å². The van der Waals surface area contributed by atoms with Gasteiger partial charge in [-0.15, -0.1) is 0 Å². The second-order valence-electron chi connectivity index (χ2n) is 6.21. The van der Waals surface area contributed by atoms with Gasteiger partial charge in [-0.2, -0.15) is 0 Å². The smallest absolute Gasteiger partial charge is 0.408 e. The third-order valence-electron chi connectivity index (χ3n) is 3.06. The van der Waals surface area contributed by atoms with Crippen molar-refractivity contribution in [1.82, 2.24) is 10.6 Å². The number of amides is 1. The molecule has 0 saturated carbocycles. The van der Waals surface area contributed by atoms with E-state index in [1.54, 1.807) is 0 Å². The molecule has 0 aliphatic heterocycles. The third kappa shape index (κ3) is 7.71. The summed E-state index contributed by atoms with van der Waals surface area (Å²) in [5, 5.41) is 6.13. The Hall–Kier alpha value is -1.55. The Bertz CT molecular complexity index is 413. The first-order valence-corrected chi connectivity index (χ1v) is 7.61. The van der Waals surface area contributed by atoms with Crippen LogP contribution in [0.2, 0.25) is 0 Å². The number of nitrogens with one attached hydrogen (secondary N) is 2. The highest BCUT2D eigenvalue weighted by Gasteiger charge is 2.20. The van der Waals surface area contributed by atoms with Crippen LogP contribution in [0.15, 0.2) is 30.3 Å². The number of hydrogen-bond acceptors (Lipinski definition) is 3. The number of benzene rings is 1. The topological polar surface area (TPSA) is 50.4 Å². The number of carbonyl (C=O) groups excluding carboxylic acids is 1. The van der Waals surface area contributed by atoms with Crippen LogP contribution in [0.5, 0.6) is 0 Å². The molecule has 1 atom stereocenters. The highest BCUT2D eigenvalue weighted by molar-refractivity contribution is 5.68. The van der Waals surface area contributed by atoms with E-state index in [-0.39, 0.29) is 12.1 Å². The molecule has 0 aliphatic carbocycles. The second-order valence-corrected chi connectivity index (χ2v) is 6.21. The van der Waals surface area contributed by atoms with E-state index in [0.717, 1.165) is 31.4 Å². The fourth-order valence-corrected chi connectivity index (χ4v) is 2.11. The first kappa shape index (κ1) is 17.5. The lowest BCUT2D eigenvalue weighted by molar-refractivity contribution is 0.0500. The van der Waals surface area contributed by atoms with Crippen LogP contribution in [-0.4, -0.2) is 25.3 Å². The summed E-state index contributed by atoms with van der Waals surface area (Å²) in [6.45, 7) is 6.61. The number of hydrogen-bond donors (Lipinski definition) is 2. The molecule has 118 valence electrons. The fourth-order valence-electron chi connectivity index (χ4n) is 2.11. The Balaban J connectivity index is 2.62. The second kappa shape index (κ2) is 8.67. The minimum absolute atomic E-state index is 0.00194. The van der Waals surface area contributed by atoms with Gasteiger partial charge in [0.25, 0.3) is 0 Å². The minimum atomic E-state index is -0.475. The number of rotatable bonds is 7. The standard InChI is InChI=1S/C17H28N2O2/c1-17(2,3)21-16(20)19-15(12-8-9-13-18-4)14-10-6-5-7-11-14/h5-7,10-11,15,18H,8-9,12-13H2,1-4H3,(H,19,20)/t15-/m1/s1. The molecule has 0 aliphatic rings. The molecule has 2 N–H and O–H groups in total. The highest BCUT2D eigenvalue weighted by Crippen LogP contribution is 2.20. The van der Waals surface area contributed by atoms with Gasteiger partial charge in [0.2, 0.25) is 0 Å². The van der Waals surface area contributed by atoms with Gasteiger partial charge in [-0.05, 0) is 59.2 Å². The van der Waals surface area contributed by atoms with Crippen molar-refractivity contribution in [3.8, 4) is 0 Å². The molecule has 0 bridgehead atoms. The summed E-state index contributed by atoms with van der Waals surface area (Å²) in [7, 11) is 1.95. The average Bonchev–Trinajstić information content (AvgIpc) is 2.41. The van der Waals surface area contributed by atoms with E-state index in [9.17, 15) is 4.79 Å². The quantitative estimate of drug-likeness (QED) is 0.754. The third-order valence-corrected chi connectivity index (χ3v) is 3.06. The predicted molar refractivity (Wildman–Crippen MR) is 86.3 cm³/mol. The molecule has 0 heterocycles. The molecule has 0 radical (unpaired) electrons. The number of carbonyl (C=O) groups is 1. The maximum Gasteiger partial charge on any atom is 0.408 e. The van der Waals surface area contributed by atoms with Crippen molar-refractivity contribution in [3.63, 3.8) is 0 Å². The first-order chi connectivity index (χ1) is 9.92. The Morgan fingerprint density at radius 1 is 1.19 bits per heavy atom. The van der Waals surface area contributed by atoms with Crippen molar-refractivity contribution >= 4 is 6.09 Å². The van der Waals surface area contributed by atoms with Crippen LogP contribution in [0.3, 0.4) is 0 Å². The van der Waals surface area contributed by atoms with E-state index in [0.29, 0.717) is 0 Å². The Morgan fingerprint density at radius 2 is 1.86 bits per heavy atom. The SMILES string of the molecule is CNCCCC[C@@H](NC(=O)OC(C)(C)C)c1ccccc1. The summed E-state index contributed by atoms with van der Waals surface area (Å²) in [4.78, 5) is 12.0. The van der Waals surface area contributed by atoms with Gasteiger partial charge in [-0.25, -0.2) is 4.79 Å². The van der Waals surface area contributed by atoms with E-state index in [1.807, 2.05) is 58.2 Å². The molecule has 4 nitrogen and oxygen atoms in total. The highest BCUT2D eigenvalue weighted by atomic mass is 16.6. The zero-order valence-corrected chi connectivity index (χ0v) is 13.6. The molecule has 4 heteroatoms. The molecule has 1 aromatic carbocycles. The summed E-state index contributed by atoms with van der Waals surface area (Å²) in [5.41, 5.74) is 0.644. The number of ether oxygens (including phenoxy) is 1. The van der Waals surface area contributed by atoms with Gasteiger partial charge < -0.3 is 15.4 Å². The molecular formula is C17H28N2O2. The molecule has 1 amide bonds. The predicted octanol–water partition coefficient (Wildman–Crippen LogP) is 3.64. The average molecular weight is 292 g/mol. The van der Waals surface area contributed by atoms with Crippen molar-refractivity contribution in [3.05, 3.63) is 35.9 Å². The molecule has 0 fully saturated rings. The lowest BCUT2D eigenvalue weighted by Crippen LogP contribution is -2.35. The lowest BCUT2D eigenvalue weighted by Gasteiger charge is -2.24. The van der Waals surface area contributed by atoms with Crippen LogP contribution in [0, 0.1) is 0 Å². The monoisotopic (exact) mass is 292 g/mol. The zero-order chi connectivity index (χ0) is 15.7. The molecule has 0 aromatic heterocycles. The summed E-state index contributed by atoms with van der Waals surface area (Å²) in [5.74, 6) is 0. The maximum atomic E-state index is 12.0. The minimum Gasteiger partial charge on any atom is -0.444 e. The lowest BCUT2D eigenvalue weighted by atomic mass is 10.0. The van der Waals surface area contributed by atoms with Crippen molar-refractivity contribution in [1.29, 1.82) is 0 Å². The maximum absolute atomic E-state index is 12.0. The Labute approximate surface area is 128 Å². The summed E-state index contributed by atoms with van der Waals surface area (Å²) >= 11 is 0. The van der Waals surface area contributed by atoms with E-state index in [2.05, 4.69) is 10.6 Å². The molecule has 0 spiro atoms. The molecular weight excluding hydrogens is 264 g/mol. The van der Waals surface area contributed by atoms with Gasteiger partial charge in [0.15, 0.2) is 0 Å². The van der Waals surface area contributed by atoms with Crippen LogP contribution in [0.1, 0.15) is 51.6 Å². The van der Waals surface area contributed by atoms with Gasteiger partial charge in [0.1, 0.15) is 5.60 Å². The Morgan fingerprint density at radius 3 is 2.43 bits per heavy atom. The van der Waals surface area contributed by atoms with E-state index in [4.69, 9.17) is 4.74 Å². The molecule has 1 rings (SSSR count). The van der Waals surface area contributed by atoms with Crippen LogP contribution >= 0.6 is 0 Å². The van der Waals surface area contributed by atoms with Crippen molar-refractivity contribution in [2.45, 2.75) is 51.7 Å². The first-order valence-electron chi connectivity index (χ1n) is 7.61. The van der Waals surface area contributed by atoms with Crippen molar-refractivity contribution in [2.24, 2.45) is 0 Å². The summed E-state index contributed by atoms with van der Waals surface area (Å²) in [6, 6.07) is 10.0. The van der Waals surface area contributed by atoms with Crippen molar-refractivity contribution in [2.75, 3.05) is 13.6 Å². The molecule has 0 unspecified atom stereocenters. The normalized spacial score (nSPS) is 12.8. The zero-order valence-electron chi connectivity index (χ0n) is 13.6. The largest absolute Gasteiger partial charge is 0.444 e. The van der Waals surface area contributed by atoms with Gasteiger partial charge in [-0.3, -0.25) is 0 Å².